The Hall–Kier alpha value is -0.610. The molecule has 0 saturated heterocycles. The van der Waals surface area contributed by atoms with E-state index >= 15 is 0 Å². The first-order valence-electron chi connectivity index (χ1n) is 3.73. The standard InChI is InChI=1S/C9H7BrClFO2/c1-14-7-3-2-5(12)8(9(7)11)6(13)4-10/h2-3H,4H2,1H3. The van der Waals surface area contributed by atoms with Crippen molar-refractivity contribution in [3.63, 3.8) is 0 Å². The third kappa shape index (κ3) is 2.07. The summed E-state index contributed by atoms with van der Waals surface area (Å²) in [6, 6.07) is 2.53. The third-order valence-corrected chi connectivity index (χ3v) is 2.56. The molecule has 0 bridgehead atoms. The lowest BCUT2D eigenvalue weighted by Gasteiger charge is -2.07. The molecule has 0 N–H and O–H groups in total. The van der Waals surface area contributed by atoms with Gasteiger partial charge in [0, 0.05) is 0 Å². The Bertz CT molecular complexity index is 368. The lowest BCUT2D eigenvalue weighted by Crippen LogP contribution is -2.05. The Morgan fingerprint density at radius 1 is 1.64 bits per heavy atom. The fourth-order valence-electron chi connectivity index (χ4n) is 1.01. The van der Waals surface area contributed by atoms with Gasteiger partial charge < -0.3 is 4.74 Å². The van der Waals surface area contributed by atoms with Crippen molar-refractivity contribution in [1.29, 1.82) is 0 Å². The highest BCUT2D eigenvalue weighted by Crippen LogP contribution is 2.30. The number of hydrogen-bond donors (Lipinski definition) is 0. The van der Waals surface area contributed by atoms with Gasteiger partial charge in [0.1, 0.15) is 11.6 Å². The number of hydrogen-bond acceptors (Lipinski definition) is 2. The van der Waals surface area contributed by atoms with Crippen LogP contribution in [0.2, 0.25) is 5.02 Å². The molecular formula is C9H7BrClFO2. The van der Waals surface area contributed by atoms with Gasteiger partial charge in [-0.25, -0.2) is 4.39 Å². The van der Waals surface area contributed by atoms with Gasteiger partial charge in [-0.2, -0.15) is 0 Å². The molecule has 0 aliphatic rings. The lowest BCUT2D eigenvalue weighted by molar-refractivity contribution is 0.102. The Kier molecular flexibility index (Phi) is 3.89. The van der Waals surface area contributed by atoms with E-state index in [2.05, 4.69) is 15.9 Å². The second kappa shape index (κ2) is 4.75. The van der Waals surface area contributed by atoms with Crippen molar-refractivity contribution < 1.29 is 13.9 Å². The molecule has 0 saturated carbocycles. The van der Waals surface area contributed by atoms with Crippen LogP contribution in [0.3, 0.4) is 0 Å². The summed E-state index contributed by atoms with van der Waals surface area (Å²) in [6.07, 6.45) is 0. The van der Waals surface area contributed by atoms with Crippen LogP contribution in [-0.4, -0.2) is 18.2 Å². The summed E-state index contributed by atoms with van der Waals surface area (Å²) < 4.78 is 18.1. The van der Waals surface area contributed by atoms with Crippen molar-refractivity contribution >= 4 is 33.3 Å². The monoisotopic (exact) mass is 280 g/mol. The number of ether oxygens (including phenoxy) is 1. The Balaban J connectivity index is 3.32. The van der Waals surface area contributed by atoms with Crippen molar-refractivity contribution in [3.05, 3.63) is 28.5 Å². The number of ketones is 1. The third-order valence-electron chi connectivity index (χ3n) is 1.68. The SMILES string of the molecule is COc1ccc(F)c(C(=O)CBr)c1Cl. The zero-order valence-corrected chi connectivity index (χ0v) is 9.65. The molecule has 0 unspecified atom stereocenters. The topological polar surface area (TPSA) is 26.3 Å². The van der Waals surface area contributed by atoms with Gasteiger partial charge >= 0.3 is 0 Å². The summed E-state index contributed by atoms with van der Waals surface area (Å²) >= 11 is 8.73. The molecule has 0 amide bonds. The highest BCUT2D eigenvalue weighted by Gasteiger charge is 2.18. The van der Waals surface area contributed by atoms with Gasteiger partial charge in [0.25, 0.3) is 0 Å². The largest absolute Gasteiger partial charge is 0.495 e. The first-order chi connectivity index (χ1) is 6.61. The van der Waals surface area contributed by atoms with E-state index in [-0.39, 0.29) is 21.7 Å². The van der Waals surface area contributed by atoms with Gasteiger partial charge in [0.05, 0.1) is 23.0 Å². The minimum atomic E-state index is -0.639. The molecule has 76 valence electrons. The van der Waals surface area contributed by atoms with Crippen LogP contribution in [0, 0.1) is 5.82 Å². The van der Waals surface area contributed by atoms with E-state index in [4.69, 9.17) is 16.3 Å². The van der Waals surface area contributed by atoms with E-state index in [1.165, 1.54) is 13.2 Å². The minimum absolute atomic E-state index is 0.0111. The van der Waals surface area contributed by atoms with E-state index < -0.39 is 11.6 Å². The maximum atomic E-state index is 13.2. The average Bonchev–Trinajstić information content (AvgIpc) is 2.18. The predicted octanol–water partition coefficient (Wildman–Crippen LogP) is 3.07. The Labute approximate surface area is 94.1 Å². The first-order valence-corrected chi connectivity index (χ1v) is 5.23. The second-order valence-corrected chi connectivity index (χ2v) is 3.43. The molecule has 0 atom stereocenters. The molecule has 1 aromatic rings. The highest BCUT2D eigenvalue weighted by atomic mass is 79.9. The van der Waals surface area contributed by atoms with Gasteiger partial charge in [0.15, 0.2) is 5.78 Å². The van der Waals surface area contributed by atoms with Gasteiger partial charge in [-0.3, -0.25) is 4.79 Å². The molecule has 0 aliphatic carbocycles. The van der Waals surface area contributed by atoms with Crippen molar-refractivity contribution in [2.45, 2.75) is 0 Å². The highest BCUT2D eigenvalue weighted by molar-refractivity contribution is 9.09. The number of alkyl halides is 1. The van der Waals surface area contributed by atoms with Crippen molar-refractivity contribution in [3.8, 4) is 5.75 Å². The molecule has 0 spiro atoms. The number of carbonyl (C=O) groups excluding carboxylic acids is 1. The summed E-state index contributed by atoms with van der Waals surface area (Å²) in [5.41, 5.74) is -0.136. The number of methoxy groups -OCH3 is 1. The Morgan fingerprint density at radius 3 is 2.79 bits per heavy atom. The zero-order chi connectivity index (χ0) is 10.7. The van der Waals surface area contributed by atoms with Crippen LogP contribution in [0.25, 0.3) is 0 Å². The molecule has 0 heterocycles. The molecular weight excluding hydrogens is 274 g/mol. The van der Waals surface area contributed by atoms with E-state index in [1.54, 1.807) is 0 Å². The van der Waals surface area contributed by atoms with E-state index in [0.29, 0.717) is 0 Å². The molecule has 5 heteroatoms. The van der Waals surface area contributed by atoms with Gasteiger partial charge in [-0.05, 0) is 12.1 Å². The van der Waals surface area contributed by atoms with Crippen LogP contribution < -0.4 is 4.74 Å². The Morgan fingerprint density at radius 2 is 2.29 bits per heavy atom. The fraction of sp³-hybridized carbons (Fsp3) is 0.222. The van der Waals surface area contributed by atoms with Crippen LogP contribution in [0.5, 0.6) is 5.75 Å². The first kappa shape index (κ1) is 11.5. The van der Waals surface area contributed by atoms with E-state index in [9.17, 15) is 9.18 Å². The summed E-state index contributed by atoms with van der Waals surface area (Å²) in [7, 11) is 1.40. The zero-order valence-electron chi connectivity index (χ0n) is 7.31. The molecule has 2 nitrogen and oxygen atoms in total. The molecule has 1 rings (SSSR count). The van der Waals surface area contributed by atoms with Crippen molar-refractivity contribution in [2.75, 3.05) is 12.4 Å². The van der Waals surface area contributed by atoms with E-state index in [0.717, 1.165) is 6.07 Å². The van der Waals surface area contributed by atoms with Crippen molar-refractivity contribution in [1.82, 2.24) is 0 Å². The van der Waals surface area contributed by atoms with E-state index in [1.807, 2.05) is 0 Å². The molecule has 0 aromatic heterocycles. The quantitative estimate of drug-likeness (QED) is 0.629. The van der Waals surface area contributed by atoms with Crippen molar-refractivity contribution in [2.24, 2.45) is 0 Å². The van der Waals surface area contributed by atoms with Crippen LogP contribution in [-0.2, 0) is 0 Å². The maximum absolute atomic E-state index is 13.2. The molecule has 0 radical (unpaired) electrons. The molecule has 14 heavy (non-hydrogen) atoms. The van der Waals surface area contributed by atoms with Crippen LogP contribution in [0.4, 0.5) is 4.39 Å². The van der Waals surface area contributed by atoms with Gasteiger partial charge in [-0.1, -0.05) is 27.5 Å². The summed E-state index contributed by atoms with van der Waals surface area (Å²) in [4.78, 5) is 11.3. The fourth-order valence-corrected chi connectivity index (χ4v) is 1.63. The summed E-state index contributed by atoms with van der Waals surface area (Å²) in [6.45, 7) is 0. The lowest BCUT2D eigenvalue weighted by atomic mass is 10.1. The van der Waals surface area contributed by atoms with Gasteiger partial charge in [-0.15, -0.1) is 0 Å². The molecule has 1 aromatic carbocycles. The number of carbonyl (C=O) groups is 1. The number of halogens is 3. The normalized spacial score (nSPS) is 10.0. The maximum Gasteiger partial charge on any atom is 0.177 e. The smallest absolute Gasteiger partial charge is 0.177 e. The number of benzene rings is 1. The average molecular weight is 282 g/mol. The summed E-state index contributed by atoms with van der Waals surface area (Å²) in [5.74, 6) is -0.760. The van der Waals surface area contributed by atoms with Crippen LogP contribution >= 0.6 is 27.5 Å². The summed E-state index contributed by atoms with van der Waals surface area (Å²) in [5, 5.41) is 0.0357. The minimum Gasteiger partial charge on any atom is -0.495 e. The van der Waals surface area contributed by atoms with Crippen LogP contribution in [0.15, 0.2) is 12.1 Å². The predicted molar refractivity (Wildman–Crippen MR) is 56.1 cm³/mol. The van der Waals surface area contributed by atoms with Crippen LogP contribution in [0.1, 0.15) is 10.4 Å². The molecule has 0 aliphatic heterocycles. The second-order valence-electron chi connectivity index (χ2n) is 2.50. The van der Waals surface area contributed by atoms with Gasteiger partial charge in [0.2, 0.25) is 0 Å². The number of rotatable bonds is 3. The molecule has 0 fully saturated rings. The number of Topliss-reactive ketones (excluding diaryl/α,β-unsaturated/α-hetero) is 1.